The molecule has 0 radical (unpaired) electrons. The van der Waals surface area contributed by atoms with Gasteiger partial charge in [0.1, 0.15) is 5.82 Å². The zero-order valence-corrected chi connectivity index (χ0v) is 11.4. The second-order valence-corrected chi connectivity index (χ2v) is 5.14. The van der Waals surface area contributed by atoms with E-state index in [1.807, 2.05) is 6.92 Å². The van der Waals surface area contributed by atoms with Crippen molar-refractivity contribution in [1.82, 2.24) is 4.98 Å². The number of hydrogen-bond donors (Lipinski definition) is 2. The maximum atomic E-state index is 13.4. The van der Waals surface area contributed by atoms with E-state index in [0.717, 1.165) is 5.69 Å². The maximum absolute atomic E-state index is 13.4. The first-order valence-electron chi connectivity index (χ1n) is 5.76. The van der Waals surface area contributed by atoms with Crippen molar-refractivity contribution in [3.05, 3.63) is 46.2 Å². The van der Waals surface area contributed by atoms with Gasteiger partial charge in [-0.3, -0.25) is 10.1 Å². The molecule has 0 aliphatic rings. The molecule has 0 bridgehead atoms. The molecule has 6 heteroatoms. The molecule has 19 heavy (non-hydrogen) atoms. The van der Waals surface area contributed by atoms with Gasteiger partial charge < -0.3 is 5.73 Å². The van der Waals surface area contributed by atoms with Crippen molar-refractivity contribution < 1.29 is 9.18 Å². The summed E-state index contributed by atoms with van der Waals surface area (Å²) in [4.78, 5) is 16.1. The molecular formula is C13H14FN3OS. The van der Waals surface area contributed by atoms with Crippen molar-refractivity contribution in [3.63, 3.8) is 0 Å². The molecule has 1 aromatic heterocycles. The molecule has 4 nitrogen and oxygen atoms in total. The summed E-state index contributed by atoms with van der Waals surface area (Å²) in [5.41, 5.74) is 7.17. The number of carbonyl (C=O) groups is 1. The number of aromatic nitrogens is 1. The number of nitrogens with zero attached hydrogens (tertiary/aromatic N) is 1. The van der Waals surface area contributed by atoms with Gasteiger partial charge in [0.25, 0.3) is 5.91 Å². The lowest BCUT2D eigenvalue weighted by Gasteiger charge is -2.03. The van der Waals surface area contributed by atoms with Crippen LogP contribution in [0, 0.1) is 12.7 Å². The molecule has 2 rings (SSSR count). The summed E-state index contributed by atoms with van der Waals surface area (Å²) in [5, 5.41) is 4.87. The van der Waals surface area contributed by atoms with Crippen molar-refractivity contribution >= 4 is 22.4 Å². The highest BCUT2D eigenvalue weighted by Gasteiger charge is 2.11. The fourth-order valence-corrected chi connectivity index (χ4v) is 2.27. The number of thiazole rings is 1. The third-order valence-electron chi connectivity index (χ3n) is 2.64. The first-order chi connectivity index (χ1) is 8.97. The highest BCUT2D eigenvalue weighted by Crippen LogP contribution is 2.20. The van der Waals surface area contributed by atoms with Gasteiger partial charge in [0.15, 0.2) is 5.13 Å². The summed E-state index contributed by atoms with van der Waals surface area (Å²) in [6.45, 7) is 3.46. The van der Waals surface area contributed by atoms with Crippen molar-refractivity contribution in [2.75, 3.05) is 5.32 Å². The zero-order valence-electron chi connectivity index (χ0n) is 10.6. The Hall–Kier alpha value is -1.79. The van der Waals surface area contributed by atoms with Crippen LogP contribution >= 0.6 is 11.3 Å². The number of aryl methyl sites for hydroxylation is 1. The summed E-state index contributed by atoms with van der Waals surface area (Å²) in [7, 11) is 0. The molecule has 0 fully saturated rings. The van der Waals surface area contributed by atoms with Crippen LogP contribution in [0.1, 0.15) is 34.6 Å². The summed E-state index contributed by atoms with van der Waals surface area (Å²) in [6.07, 6.45) is 0. The third-order valence-corrected chi connectivity index (χ3v) is 3.42. The Morgan fingerprint density at radius 1 is 1.53 bits per heavy atom. The molecule has 1 aromatic carbocycles. The van der Waals surface area contributed by atoms with E-state index in [2.05, 4.69) is 10.3 Å². The van der Waals surface area contributed by atoms with E-state index in [1.54, 1.807) is 24.4 Å². The number of carbonyl (C=O) groups excluding carboxylic acids is 1. The lowest BCUT2D eigenvalue weighted by Crippen LogP contribution is -2.12. The molecule has 100 valence electrons. The quantitative estimate of drug-likeness (QED) is 0.907. The van der Waals surface area contributed by atoms with Crippen molar-refractivity contribution in [1.29, 1.82) is 0 Å². The van der Waals surface area contributed by atoms with Gasteiger partial charge in [-0.2, -0.15) is 0 Å². The van der Waals surface area contributed by atoms with Crippen LogP contribution in [-0.4, -0.2) is 10.9 Å². The smallest absolute Gasteiger partial charge is 0.257 e. The number of halogens is 1. The van der Waals surface area contributed by atoms with Gasteiger partial charge in [0.2, 0.25) is 0 Å². The Labute approximate surface area is 114 Å². The van der Waals surface area contributed by atoms with Crippen LogP contribution in [0.5, 0.6) is 0 Å². The first kappa shape index (κ1) is 13.6. The van der Waals surface area contributed by atoms with Gasteiger partial charge in [0.05, 0.1) is 5.69 Å². The molecule has 1 unspecified atom stereocenters. The van der Waals surface area contributed by atoms with E-state index in [0.29, 0.717) is 10.7 Å². The molecule has 3 N–H and O–H groups in total. The van der Waals surface area contributed by atoms with Crippen LogP contribution in [0.25, 0.3) is 0 Å². The van der Waals surface area contributed by atoms with Crippen molar-refractivity contribution in [3.8, 4) is 0 Å². The van der Waals surface area contributed by atoms with Crippen LogP contribution in [0.3, 0.4) is 0 Å². The van der Waals surface area contributed by atoms with Crippen LogP contribution in [0.2, 0.25) is 0 Å². The minimum Gasteiger partial charge on any atom is -0.323 e. The fourth-order valence-electron chi connectivity index (χ4n) is 1.46. The Morgan fingerprint density at radius 3 is 2.84 bits per heavy atom. The van der Waals surface area contributed by atoms with E-state index in [-0.39, 0.29) is 17.5 Å². The van der Waals surface area contributed by atoms with Crippen LogP contribution < -0.4 is 11.1 Å². The number of nitrogens with two attached hydrogens (primary N) is 1. The van der Waals surface area contributed by atoms with Gasteiger partial charge >= 0.3 is 0 Å². The summed E-state index contributed by atoms with van der Waals surface area (Å²) in [5.74, 6) is -0.785. The molecule has 1 amide bonds. The topological polar surface area (TPSA) is 68.0 Å². The Kier molecular flexibility index (Phi) is 3.92. The largest absolute Gasteiger partial charge is 0.323 e. The van der Waals surface area contributed by atoms with Gasteiger partial charge in [-0.25, -0.2) is 9.37 Å². The molecule has 0 saturated carbocycles. The lowest BCUT2D eigenvalue weighted by atomic mass is 10.1. The van der Waals surface area contributed by atoms with E-state index >= 15 is 0 Å². The average molecular weight is 279 g/mol. The Bertz CT molecular complexity index is 610. The third kappa shape index (κ3) is 3.15. The summed E-state index contributed by atoms with van der Waals surface area (Å²) < 4.78 is 13.4. The van der Waals surface area contributed by atoms with Crippen LogP contribution in [-0.2, 0) is 0 Å². The summed E-state index contributed by atoms with van der Waals surface area (Å²) in [6, 6.07) is 4.18. The van der Waals surface area contributed by atoms with Crippen molar-refractivity contribution in [2.45, 2.75) is 19.9 Å². The number of rotatable bonds is 3. The second-order valence-electron chi connectivity index (χ2n) is 4.28. The van der Waals surface area contributed by atoms with E-state index < -0.39 is 5.82 Å². The molecule has 2 aromatic rings. The molecular weight excluding hydrogens is 265 g/mol. The number of hydrogen-bond acceptors (Lipinski definition) is 4. The minimum atomic E-state index is -0.400. The standard InChI is InChI=1S/C13H14FN3OS/c1-7-3-4-9(5-10(7)14)12(18)17-13-16-11(6-19-13)8(2)15/h3-6,8H,15H2,1-2H3,(H,16,17,18). The predicted octanol–water partition coefficient (Wildman–Crippen LogP) is 2.86. The van der Waals surface area contributed by atoms with Crippen LogP contribution in [0.15, 0.2) is 23.6 Å². The number of benzene rings is 1. The predicted molar refractivity (Wildman–Crippen MR) is 73.8 cm³/mol. The van der Waals surface area contributed by atoms with E-state index in [1.165, 1.54) is 17.4 Å². The van der Waals surface area contributed by atoms with E-state index in [4.69, 9.17) is 5.73 Å². The van der Waals surface area contributed by atoms with Gasteiger partial charge in [-0.1, -0.05) is 6.07 Å². The van der Waals surface area contributed by atoms with Gasteiger partial charge in [-0.05, 0) is 31.5 Å². The SMILES string of the molecule is Cc1ccc(C(=O)Nc2nc(C(C)N)cs2)cc1F. The van der Waals surface area contributed by atoms with Gasteiger partial charge in [-0.15, -0.1) is 11.3 Å². The lowest BCUT2D eigenvalue weighted by molar-refractivity contribution is 0.102. The number of amides is 1. The van der Waals surface area contributed by atoms with Gasteiger partial charge in [0, 0.05) is 17.0 Å². The highest BCUT2D eigenvalue weighted by molar-refractivity contribution is 7.14. The number of nitrogens with one attached hydrogen (secondary N) is 1. The van der Waals surface area contributed by atoms with Crippen molar-refractivity contribution in [2.24, 2.45) is 5.73 Å². The van der Waals surface area contributed by atoms with Crippen LogP contribution in [0.4, 0.5) is 9.52 Å². The average Bonchev–Trinajstić information content (AvgIpc) is 2.81. The Morgan fingerprint density at radius 2 is 2.26 bits per heavy atom. The highest BCUT2D eigenvalue weighted by atomic mass is 32.1. The molecule has 1 heterocycles. The fraction of sp³-hybridized carbons (Fsp3) is 0.231. The van der Waals surface area contributed by atoms with E-state index in [9.17, 15) is 9.18 Å². The maximum Gasteiger partial charge on any atom is 0.257 e. The number of anilines is 1. The zero-order chi connectivity index (χ0) is 14.0. The Balaban J connectivity index is 2.13. The summed E-state index contributed by atoms with van der Waals surface area (Å²) >= 11 is 1.29. The monoisotopic (exact) mass is 279 g/mol. The second kappa shape index (κ2) is 5.46. The molecule has 0 spiro atoms. The minimum absolute atomic E-state index is 0.182. The molecule has 1 atom stereocenters. The first-order valence-corrected chi connectivity index (χ1v) is 6.64. The molecule has 0 aliphatic carbocycles. The molecule has 0 aliphatic heterocycles. The normalized spacial score (nSPS) is 12.2. The molecule has 0 saturated heterocycles.